The summed E-state index contributed by atoms with van der Waals surface area (Å²) in [4.78, 5) is 0. The van der Waals surface area contributed by atoms with Crippen LogP contribution in [0.25, 0.3) is 0 Å². The van der Waals surface area contributed by atoms with Crippen molar-refractivity contribution in [3.63, 3.8) is 0 Å². The molecule has 2 unspecified atom stereocenters. The number of unbranched alkanes of at least 4 members (excludes halogenated alkanes) is 3. The molecule has 0 saturated carbocycles. The van der Waals surface area contributed by atoms with Crippen molar-refractivity contribution >= 4 is 41.6 Å². The second kappa shape index (κ2) is 13.5. The average Bonchev–Trinajstić information content (AvgIpc) is 2.72. The van der Waals surface area contributed by atoms with Crippen LogP contribution in [-0.2, 0) is 0 Å². The summed E-state index contributed by atoms with van der Waals surface area (Å²) in [6.07, 6.45) is 5.83. The first-order valence-corrected chi connectivity index (χ1v) is 18.8. The van der Waals surface area contributed by atoms with E-state index in [1.807, 2.05) is 30.3 Å². The van der Waals surface area contributed by atoms with Gasteiger partial charge in [-0.05, 0) is 0 Å². The number of halogens is 2. The third kappa shape index (κ3) is 7.54. The molecule has 0 saturated heterocycles. The monoisotopic (exact) mass is 522 g/mol. The fraction of sp³-hybridized carbons (Fsp3) is 0.636. The fourth-order valence-corrected chi connectivity index (χ4v) is 21.3. The summed E-state index contributed by atoms with van der Waals surface area (Å²) in [5, 5.41) is 22.5. The van der Waals surface area contributed by atoms with Crippen LogP contribution in [0.15, 0.2) is 40.4 Å². The maximum absolute atomic E-state index is 11.4. The zero-order valence-electron chi connectivity index (χ0n) is 17.1. The van der Waals surface area contributed by atoms with Gasteiger partial charge < -0.3 is 0 Å². The topological polar surface area (TPSA) is 40.5 Å². The Morgan fingerprint density at radius 3 is 1.67 bits per heavy atom. The van der Waals surface area contributed by atoms with Crippen LogP contribution in [0.4, 0.5) is 0 Å². The molecule has 0 bridgehead atoms. The molecule has 0 spiro atoms. The van der Waals surface area contributed by atoms with Crippen molar-refractivity contribution in [2.24, 2.45) is 0 Å². The molecule has 154 valence electrons. The van der Waals surface area contributed by atoms with E-state index in [-0.39, 0.29) is 10.1 Å². The zero-order chi connectivity index (χ0) is 20.3. The summed E-state index contributed by atoms with van der Waals surface area (Å²) >= 11 is 10.2. The van der Waals surface area contributed by atoms with E-state index in [1.165, 1.54) is 0 Å². The van der Waals surface area contributed by atoms with Gasteiger partial charge in [-0.15, -0.1) is 0 Å². The van der Waals surface area contributed by atoms with Gasteiger partial charge >= 0.3 is 181 Å². The van der Waals surface area contributed by atoms with Crippen molar-refractivity contribution in [3.8, 4) is 0 Å². The Bertz CT molecular complexity index is 541. The van der Waals surface area contributed by atoms with Gasteiger partial charge in [0.05, 0.1) is 0 Å². The summed E-state index contributed by atoms with van der Waals surface area (Å²) in [6.45, 7) is 6.60. The predicted octanol–water partition coefficient (Wildman–Crippen LogP) is 7.16. The summed E-state index contributed by atoms with van der Waals surface area (Å²) in [5.74, 6) is 0. The molecule has 0 aliphatic rings. The van der Waals surface area contributed by atoms with Crippen LogP contribution in [0.3, 0.4) is 0 Å². The minimum absolute atomic E-state index is 0.181. The van der Waals surface area contributed by atoms with E-state index in [0.717, 1.165) is 51.8 Å². The number of aliphatic hydroxyl groups excluding tert-OH is 2. The van der Waals surface area contributed by atoms with Crippen LogP contribution in [0.2, 0.25) is 13.3 Å². The van der Waals surface area contributed by atoms with Crippen molar-refractivity contribution in [1.29, 1.82) is 0 Å². The molecule has 1 aromatic carbocycles. The van der Waals surface area contributed by atoms with E-state index in [0.29, 0.717) is 5.56 Å². The van der Waals surface area contributed by atoms with Crippen LogP contribution in [0.1, 0.15) is 71.0 Å². The molecule has 27 heavy (non-hydrogen) atoms. The van der Waals surface area contributed by atoms with E-state index in [2.05, 4.69) is 20.8 Å². The summed E-state index contributed by atoms with van der Waals surface area (Å²) in [6, 6.07) is 9.27. The Kier molecular flexibility index (Phi) is 12.6. The van der Waals surface area contributed by atoms with Gasteiger partial charge in [-0.2, -0.15) is 0 Å². The van der Waals surface area contributed by atoms with Gasteiger partial charge in [-0.3, -0.25) is 0 Å². The SMILES string of the molecule is CCC[CH2][Sn]([CH2]CCC)([CH2]CCC)[CH](O)/C(Cl)=C(\Cl)C(O)c1ccccc1. The Morgan fingerprint density at radius 2 is 1.26 bits per heavy atom. The Balaban J connectivity index is 3.19. The summed E-state index contributed by atoms with van der Waals surface area (Å²) in [7, 11) is 0. The number of benzene rings is 1. The van der Waals surface area contributed by atoms with Crippen molar-refractivity contribution in [2.75, 3.05) is 0 Å². The van der Waals surface area contributed by atoms with Crippen LogP contribution in [0.5, 0.6) is 0 Å². The predicted molar refractivity (Wildman–Crippen MR) is 121 cm³/mol. The van der Waals surface area contributed by atoms with E-state index < -0.39 is 28.6 Å². The Labute approximate surface area is 179 Å². The van der Waals surface area contributed by atoms with E-state index in [4.69, 9.17) is 23.2 Å². The zero-order valence-corrected chi connectivity index (χ0v) is 21.4. The molecule has 0 aliphatic carbocycles. The molecule has 5 heteroatoms. The minimum atomic E-state index is -2.98. The standard InChI is InChI=1S/C10H9Cl2O2.3C4H9.Sn/c11-8(6-13)9(12)10(14)7-4-2-1-3-5-7;3*1-3-4-2;/h1-6,10,13-14H;3*1,3-4H2,2H3;/b9-8+;;;;. The molecule has 0 amide bonds. The Morgan fingerprint density at radius 1 is 0.815 bits per heavy atom. The molecular weight excluding hydrogens is 486 g/mol. The van der Waals surface area contributed by atoms with Gasteiger partial charge in [-0.25, -0.2) is 0 Å². The van der Waals surface area contributed by atoms with Gasteiger partial charge in [0.15, 0.2) is 0 Å². The molecule has 2 nitrogen and oxygen atoms in total. The van der Waals surface area contributed by atoms with Crippen LogP contribution in [-0.4, -0.2) is 32.7 Å². The van der Waals surface area contributed by atoms with Gasteiger partial charge in [-0.1, -0.05) is 0 Å². The molecule has 1 rings (SSSR count). The number of aliphatic hydroxyl groups is 2. The average molecular weight is 522 g/mol. The molecule has 0 radical (unpaired) electrons. The summed E-state index contributed by atoms with van der Waals surface area (Å²) in [5.41, 5.74) is 0.698. The molecular formula is C22H36Cl2O2Sn. The van der Waals surface area contributed by atoms with E-state index >= 15 is 0 Å². The number of hydrogen-bond donors (Lipinski definition) is 2. The van der Waals surface area contributed by atoms with Crippen LogP contribution >= 0.6 is 23.2 Å². The second-order valence-corrected chi connectivity index (χ2v) is 22.0. The third-order valence-corrected chi connectivity index (χ3v) is 22.6. The van der Waals surface area contributed by atoms with Gasteiger partial charge in [0, 0.05) is 0 Å². The Hall–Kier alpha value is 0.259. The number of hydrogen-bond acceptors (Lipinski definition) is 2. The quantitative estimate of drug-likeness (QED) is 0.270. The normalized spacial score (nSPS) is 15.4. The molecule has 0 aliphatic heterocycles. The molecule has 0 heterocycles. The first kappa shape index (κ1) is 25.3. The van der Waals surface area contributed by atoms with Crippen LogP contribution < -0.4 is 0 Å². The first-order valence-electron chi connectivity index (χ1n) is 10.4. The molecule has 0 aromatic heterocycles. The molecule has 2 atom stereocenters. The fourth-order valence-electron chi connectivity index (χ4n) is 3.68. The van der Waals surface area contributed by atoms with Gasteiger partial charge in [0.25, 0.3) is 0 Å². The van der Waals surface area contributed by atoms with Crippen molar-refractivity contribution in [2.45, 2.75) is 82.8 Å². The van der Waals surface area contributed by atoms with Crippen molar-refractivity contribution in [1.82, 2.24) is 0 Å². The molecule has 2 N–H and O–H groups in total. The first-order chi connectivity index (χ1) is 12.9. The summed E-state index contributed by atoms with van der Waals surface area (Å²) < 4.78 is 2.76. The molecule has 0 fully saturated rings. The van der Waals surface area contributed by atoms with Gasteiger partial charge in [0.2, 0.25) is 0 Å². The van der Waals surface area contributed by atoms with E-state index in [9.17, 15) is 10.2 Å². The van der Waals surface area contributed by atoms with Gasteiger partial charge in [0.1, 0.15) is 0 Å². The van der Waals surface area contributed by atoms with Crippen molar-refractivity contribution in [3.05, 3.63) is 46.0 Å². The molecule has 1 aromatic rings. The maximum atomic E-state index is 11.4. The van der Waals surface area contributed by atoms with Crippen LogP contribution in [0, 0.1) is 0 Å². The second-order valence-electron chi connectivity index (χ2n) is 7.58. The number of rotatable bonds is 13. The van der Waals surface area contributed by atoms with Crippen molar-refractivity contribution < 1.29 is 10.2 Å². The van der Waals surface area contributed by atoms with E-state index in [1.54, 1.807) is 0 Å². The third-order valence-electron chi connectivity index (χ3n) is 5.49.